The zero-order valence-corrected chi connectivity index (χ0v) is 17.2. The van der Waals surface area contributed by atoms with Crippen LogP contribution in [0.3, 0.4) is 0 Å². The number of hydrogen-bond acceptors (Lipinski definition) is 6. The molecule has 3 rings (SSSR count). The molecule has 1 N–H and O–H groups in total. The molecule has 0 atom stereocenters. The maximum Gasteiger partial charge on any atom is 0.338 e. The summed E-state index contributed by atoms with van der Waals surface area (Å²) in [5, 5.41) is 6.99. The van der Waals surface area contributed by atoms with E-state index in [1.54, 1.807) is 16.9 Å². The average molecular weight is 420 g/mol. The van der Waals surface area contributed by atoms with Crippen LogP contribution in [-0.4, -0.2) is 55.1 Å². The van der Waals surface area contributed by atoms with Crippen molar-refractivity contribution in [3.63, 3.8) is 0 Å². The molecule has 1 aromatic carbocycles. The highest BCUT2D eigenvalue weighted by atomic mass is 32.2. The monoisotopic (exact) mass is 420 g/mol. The first-order valence-electron chi connectivity index (χ1n) is 9.32. The number of esters is 1. The van der Waals surface area contributed by atoms with E-state index in [-0.39, 0.29) is 16.5 Å². The van der Waals surface area contributed by atoms with E-state index in [1.165, 1.54) is 38.4 Å². The molecule has 1 aliphatic rings. The molecule has 0 saturated heterocycles. The molecule has 1 fully saturated rings. The Morgan fingerprint density at radius 1 is 1.17 bits per heavy atom. The van der Waals surface area contributed by atoms with Crippen molar-refractivity contribution in [2.75, 3.05) is 26.0 Å². The number of sulfonamides is 1. The molecule has 156 valence electrons. The van der Waals surface area contributed by atoms with Gasteiger partial charge < -0.3 is 10.1 Å². The molecule has 0 unspecified atom stereocenters. The van der Waals surface area contributed by atoms with E-state index < -0.39 is 28.5 Å². The Morgan fingerprint density at radius 3 is 2.45 bits per heavy atom. The molecular weight excluding hydrogens is 396 g/mol. The number of hydrogen-bond donors (Lipinski definition) is 1. The zero-order chi connectivity index (χ0) is 21.0. The summed E-state index contributed by atoms with van der Waals surface area (Å²) in [5.74, 6) is -0.598. The zero-order valence-electron chi connectivity index (χ0n) is 16.4. The molecule has 1 aromatic heterocycles. The molecule has 29 heavy (non-hydrogen) atoms. The van der Waals surface area contributed by atoms with E-state index in [4.69, 9.17) is 4.74 Å². The molecule has 0 aliphatic heterocycles. The van der Waals surface area contributed by atoms with Crippen molar-refractivity contribution in [2.24, 2.45) is 0 Å². The van der Waals surface area contributed by atoms with Crippen molar-refractivity contribution in [2.45, 2.75) is 36.6 Å². The van der Waals surface area contributed by atoms with E-state index >= 15 is 0 Å². The van der Waals surface area contributed by atoms with Crippen LogP contribution in [0.1, 0.15) is 42.1 Å². The predicted octanol–water partition coefficient (Wildman–Crippen LogP) is 2.04. The minimum atomic E-state index is -3.58. The molecule has 0 bridgehead atoms. The molecular formula is C19H24N4O5S. The first kappa shape index (κ1) is 21.0. The van der Waals surface area contributed by atoms with Crippen molar-refractivity contribution < 1.29 is 22.7 Å². The van der Waals surface area contributed by atoms with Gasteiger partial charge in [-0.15, -0.1) is 0 Å². The van der Waals surface area contributed by atoms with Crippen LogP contribution in [0.15, 0.2) is 41.4 Å². The lowest BCUT2D eigenvalue weighted by molar-refractivity contribution is -0.119. The number of benzene rings is 1. The van der Waals surface area contributed by atoms with Crippen LogP contribution in [0.4, 0.5) is 5.82 Å². The van der Waals surface area contributed by atoms with Crippen molar-refractivity contribution in [1.82, 2.24) is 14.1 Å². The van der Waals surface area contributed by atoms with Crippen LogP contribution in [0.2, 0.25) is 0 Å². The summed E-state index contributed by atoms with van der Waals surface area (Å²) >= 11 is 0. The Hall–Kier alpha value is -2.72. The Balaban J connectivity index is 1.56. The molecule has 2 aromatic rings. The Labute approximate surface area is 169 Å². The third-order valence-corrected chi connectivity index (χ3v) is 6.64. The number of aromatic nitrogens is 2. The van der Waals surface area contributed by atoms with Gasteiger partial charge >= 0.3 is 5.97 Å². The molecule has 1 saturated carbocycles. The van der Waals surface area contributed by atoms with Crippen molar-refractivity contribution >= 4 is 27.7 Å². The number of carbonyl (C=O) groups excluding carboxylic acids is 2. The van der Waals surface area contributed by atoms with E-state index in [0.29, 0.717) is 5.82 Å². The van der Waals surface area contributed by atoms with Gasteiger partial charge in [-0.05, 0) is 37.1 Å². The van der Waals surface area contributed by atoms with E-state index in [0.717, 1.165) is 30.0 Å². The van der Waals surface area contributed by atoms with Gasteiger partial charge in [-0.1, -0.05) is 12.8 Å². The standard InChI is InChI=1S/C19H24N4O5S/c1-22(2)29(26,27)16-9-7-14(8-10-16)19(25)28-13-18(24)21-17-11-12-20-23(17)15-5-3-4-6-15/h7-12,15H,3-6,13H2,1-2H3,(H,21,24). The lowest BCUT2D eigenvalue weighted by atomic mass is 10.2. The summed E-state index contributed by atoms with van der Waals surface area (Å²) in [6.45, 7) is -0.452. The number of ether oxygens (including phenoxy) is 1. The third kappa shape index (κ3) is 4.83. The fourth-order valence-electron chi connectivity index (χ4n) is 3.22. The SMILES string of the molecule is CN(C)S(=O)(=O)c1ccc(C(=O)OCC(=O)Nc2ccnn2C2CCCC2)cc1. The number of rotatable bonds is 7. The summed E-state index contributed by atoms with van der Waals surface area (Å²) < 4.78 is 32.0. The fraction of sp³-hybridized carbons (Fsp3) is 0.421. The third-order valence-electron chi connectivity index (χ3n) is 4.81. The van der Waals surface area contributed by atoms with Crippen molar-refractivity contribution in [3.05, 3.63) is 42.1 Å². The van der Waals surface area contributed by atoms with Crippen molar-refractivity contribution in [1.29, 1.82) is 0 Å². The lowest BCUT2D eigenvalue weighted by Gasteiger charge is -2.14. The lowest BCUT2D eigenvalue weighted by Crippen LogP contribution is -2.23. The van der Waals surface area contributed by atoms with Gasteiger partial charge in [0.05, 0.1) is 22.7 Å². The van der Waals surface area contributed by atoms with E-state index in [2.05, 4.69) is 10.4 Å². The first-order valence-corrected chi connectivity index (χ1v) is 10.8. The second-order valence-electron chi connectivity index (χ2n) is 7.04. The average Bonchev–Trinajstić information content (AvgIpc) is 3.37. The van der Waals surface area contributed by atoms with Gasteiger partial charge in [0.25, 0.3) is 5.91 Å². The number of anilines is 1. The van der Waals surface area contributed by atoms with Gasteiger partial charge in [0.2, 0.25) is 10.0 Å². The highest BCUT2D eigenvalue weighted by molar-refractivity contribution is 7.89. The Kier molecular flexibility index (Phi) is 6.33. The second kappa shape index (κ2) is 8.75. The quantitative estimate of drug-likeness (QED) is 0.687. The normalized spacial score (nSPS) is 14.9. The number of amides is 1. The highest BCUT2D eigenvalue weighted by Crippen LogP contribution is 2.31. The van der Waals surface area contributed by atoms with Gasteiger partial charge in [-0.25, -0.2) is 22.2 Å². The number of carbonyl (C=O) groups is 2. The maximum absolute atomic E-state index is 12.2. The molecule has 9 nitrogen and oxygen atoms in total. The molecule has 1 heterocycles. The minimum absolute atomic E-state index is 0.0666. The van der Waals surface area contributed by atoms with Crippen LogP contribution in [0, 0.1) is 0 Å². The topological polar surface area (TPSA) is 111 Å². The smallest absolute Gasteiger partial charge is 0.338 e. The Bertz CT molecular complexity index is 976. The summed E-state index contributed by atoms with van der Waals surface area (Å²) in [7, 11) is -0.726. The summed E-state index contributed by atoms with van der Waals surface area (Å²) in [6, 6.07) is 7.34. The van der Waals surface area contributed by atoms with E-state index in [9.17, 15) is 18.0 Å². The molecule has 0 radical (unpaired) electrons. The first-order chi connectivity index (χ1) is 13.8. The van der Waals surface area contributed by atoms with Crippen LogP contribution in [-0.2, 0) is 19.6 Å². The number of nitrogens with one attached hydrogen (secondary N) is 1. The second-order valence-corrected chi connectivity index (χ2v) is 9.19. The number of nitrogens with zero attached hydrogens (tertiary/aromatic N) is 3. The van der Waals surface area contributed by atoms with Crippen LogP contribution < -0.4 is 5.32 Å². The van der Waals surface area contributed by atoms with Gasteiger partial charge in [0, 0.05) is 20.2 Å². The molecule has 1 amide bonds. The van der Waals surface area contributed by atoms with Gasteiger partial charge in [0.1, 0.15) is 5.82 Å². The predicted molar refractivity (Wildman–Crippen MR) is 106 cm³/mol. The van der Waals surface area contributed by atoms with Gasteiger partial charge in [-0.3, -0.25) is 4.79 Å². The molecule has 10 heteroatoms. The summed E-state index contributed by atoms with van der Waals surface area (Å²) in [5.41, 5.74) is 0.159. The van der Waals surface area contributed by atoms with Crippen molar-refractivity contribution in [3.8, 4) is 0 Å². The molecule has 0 spiro atoms. The summed E-state index contributed by atoms with van der Waals surface area (Å²) in [4.78, 5) is 24.4. The molecule has 1 aliphatic carbocycles. The minimum Gasteiger partial charge on any atom is -0.452 e. The fourth-order valence-corrected chi connectivity index (χ4v) is 4.12. The van der Waals surface area contributed by atoms with Crippen LogP contribution >= 0.6 is 0 Å². The Morgan fingerprint density at radius 2 is 1.83 bits per heavy atom. The van der Waals surface area contributed by atoms with Gasteiger partial charge in [-0.2, -0.15) is 5.10 Å². The largest absolute Gasteiger partial charge is 0.452 e. The maximum atomic E-state index is 12.2. The highest BCUT2D eigenvalue weighted by Gasteiger charge is 2.21. The van der Waals surface area contributed by atoms with Crippen LogP contribution in [0.25, 0.3) is 0 Å². The summed E-state index contributed by atoms with van der Waals surface area (Å²) in [6.07, 6.45) is 5.97. The van der Waals surface area contributed by atoms with Crippen LogP contribution in [0.5, 0.6) is 0 Å². The van der Waals surface area contributed by atoms with Gasteiger partial charge in [0.15, 0.2) is 6.61 Å². The van der Waals surface area contributed by atoms with E-state index in [1.807, 2.05) is 0 Å².